The number of benzene rings is 1. The van der Waals surface area contributed by atoms with Crippen molar-refractivity contribution in [3.63, 3.8) is 0 Å². The molecule has 1 aromatic carbocycles. The summed E-state index contributed by atoms with van der Waals surface area (Å²) in [6.45, 7) is 0. The molecular formula is C16H18N2O2S. The molecule has 0 radical (unpaired) electrons. The third-order valence-corrected chi connectivity index (χ3v) is 4.88. The zero-order chi connectivity index (χ0) is 14.7. The number of nitrogens with zero attached hydrogens (tertiary/aromatic N) is 2. The Labute approximate surface area is 128 Å². The van der Waals surface area contributed by atoms with Crippen molar-refractivity contribution in [3.05, 3.63) is 47.8 Å². The average molecular weight is 302 g/mol. The normalized spacial score (nSPS) is 17.4. The highest BCUT2D eigenvalue weighted by atomic mass is 32.2. The van der Waals surface area contributed by atoms with E-state index in [1.54, 1.807) is 0 Å². The van der Waals surface area contributed by atoms with Gasteiger partial charge in [0.1, 0.15) is 0 Å². The minimum Gasteiger partial charge on any atom is -0.481 e. The molecule has 1 unspecified atom stereocenters. The predicted molar refractivity (Wildman–Crippen MR) is 82.7 cm³/mol. The van der Waals surface area contributed by atoms with Gasteiger partial charge in [-0.05, 0) is 30.4 Å². The Kier molecular flexibility index (Phi) is 4.29. The fraction of sp³-hybridized carbons (Fsp3) is 0.375. The zero-order valence-electron chi connectivity index (χ0n) is 11.7. The number of rotatable bonds is 5. The van der Waals surface area contributed by atoms with Gasteiger partial charge < -0.3 is 9.67 Å². The van der Waals surface area contributed by atoms with Crippen LogP contribution in [0.25, 0.3) is 0 Å². The predicted octanol–water partition coefficient (Wildman–Crippen LogP) is 3.18. The van der Waals surface area contributed by atoms with Gasteiger partial charge in [-0.1, -0.05) is 36.0 Å². The largest absolute Gasteiger partial charge is 0.481 e. The van der Waals surface area contributed by atoms with Gasteiger partial charge in [0.15, 0.2) is 5.16 Å². The first-order valence-corrected chi connectivity index (χ1v) is 8.17. The van der Waals surface area contributed by atoms with E-state index < -0.39 is 5.97 Å². The lowest BCUT2D eigenvalue weighted by atomic mass is 9.88. The van der Waals surface area contributed by atoms with Crippen molar-refractivity contribution in [1.82, 2.24) is 9.55 Å². The molecule has 0 aliphatic heterocycles. The number of aliphatic carboxylic acids is 1. The monoisotopic (exact) mass is 302 g/mol. The Morgan fingerprint density at radius 1 is 1.38 bits per heavy atom. The molecule has 0 fully saturated rings. The molecule has 110 valence electrons. The molecule has 5 heteroatoms. The number of carbonyl (C=O) groups is 1. The highest BCUT2D eigenvalue weighted by Gasteiger charge is 2.21. The second-order valence-corrected chi connectivity index (χ2v) is 6.34. The second-order valence-electron chi connectivity index (χ2n) is 5.27. The Bertz CT molecular complexity index is 639. The summed E-state index contributed by atoms with van der Waals surface area (Å²) in [5, 5.41) is 9.66. The number of aromatic nitrogens is 2. The maximum atomic E-state index is 10.6. The van der Waals surface area contributed by atoms with Crippen LogP contribution in [0.3, 0.4) is 0 Å². The molecule has 1 aliphatic rings. The summed E-state index contributed by atoms with van der Waals surface area (Å²) in [6, 6.07) is 9.04. The summed E-state index contributed by atoms with van der Waals surface area (Å²) in [7, 11) is 0. The first kappa shape index (κ1) is 14.2. The minimum absolute atomic E-state index is 0.172. The quantitative estimate of drug-likeness (QED) is 0.862. The molecule has 3 rings (SSSR count). The van der Waals surface area contributed by atoms with E-state index in [1.807, 2.05) is 12.4 Å². The maximum Gasteiger partial charge on any atom is 0.304 e. The smallest absolute Gasteiger partial charge is 0.304 e. The van der Waals surface area contributed by atoms with Gasteiger partial charge in [0.05, 0.1) is 6.42 Å². The Morgan fingerprint density at radius 3 is 3.00 bits per heavy atom. The number of thioether (sulfide) groups is 1. The van der Waals surface area contributed by atoms with E-state index in [2.05, 4.69) is 33.8 Å². The van der Waals surface area contributed by atoms with Crippen LogP contribution in [0.2, 0.25) is 0 Å². The van der Waals surface area contributed by atoms with Crippen molar-refractivity contribution in [2.24, 2.45) is 0 Å². The van der Waals surface area contributed by atoms with Gasteiger partial charge in [-0.2, -0.15) is 0 Å². The number of hydrogen-bond donors (Lipinski definition) is 1. The summed E-state index contributed by atoms with van der Waals surface area (Å²) >= 11 is 1.53. The standard InChI is InChI=1S/C16H18N2O2S/c19-15(20)7-10-21-16-17-8-9-18(16)14-6-5-12-3-1-2-4-13(12)11-14/h1-4,8-9,14H,5-7,10-11H2,(H,19,20). The summed E-state index contributed by atoms with van der Waals surface area (Å²) < 4.78 is 2.21. The minimum atomic E-state index is -0.757. The van der Waals surface area contributed by atoms with Gasteiger partial charge in [-0.3, -0.25) is 4.79 Å². The lowest BCUT2D eigenvalue weighted by molar-refractivity contribution is -0.136. The second kappa shape index (κ2) is 6.35. The van der Waals surface area contributed by atoms with Crippen LogP contribution in [0.4, 0.5) is 0 Å². The molecule has 0 saturated heterocycles. The zero-order valence-corrected chi connectivity index (χ0v) is 12.6. The number of carboxylic acids is 1. The van der Waals surface area contributed by atoms with E-state index in [1.165, 1.54) is 22.9 Å². The van der Waals surface area contributed by atoms with E-state index in [-0.39, 0.29) is 6.42 Å². The van der Waals surface area contributed by atoms with Crippen molar-refractivity contribution in [2.75, 3.05) is 5.75 Å². The average Bonchev–Trinajstić information content (AvgIpc) is 2.95. The van der Waals surface area contributed by atoms with Crippen LogP contribution in [0.1, 0.15) is 30.0 Å². The van der Waals surface area contributed by atoms with Crippen LogP contribution in [0.15, 0.2) is 41.8 Å². The molecular weight excluding hydrogens is 284 g/mol. The lowest BCUT2D eigenvalue weighted by Gasteiger charge is -2.26. The first-order chi connectivity index (χ1) is 10.2. The third-order valence-electron chi connectivity index (χ3n) is 3.89. The van der Waals surface area contributed by atoms with Gasteiger partial charge in [0.2, 0.25) is 0 Å². The van der Waals surface area contributed by atoms with Gasteiger partial charge in [0.25, 0.3) is 0 Å². The van der Waals surface area contributed by atoms with Gasteiger partial charge in [0, 0.05) is 24.2 Å². The molecule has 4 nitrogen and oxygen atoms in total. The Morgan fingerprint density at radius 2 is 2.19 bits per heavy atom. The summed E-state index contributed by atoms with van der Waals surface area (Å²) in [5.41, 5.74) is 2.87. The van der Waals surface area contributed by atoms with E-state index in [4.69, 9.17) is 5.11 Å². The molecule has 1 aromatic heterocycles. The van der Waals surface area contributed by atoms with Crippen LogP contribution >= 0.6 is 11.8 Å². The third kappa shape index (κ3) is 3.29. The van der Waals surface area contributed by atoms with Gasteiger partial charge in [-0.25, -0.2) is 4.98 Å². The maximum absolute atomic E-state index is 10.6. The number of imidazole rings is 1. The molecule has 0 bridgehead atoms. The van der Waals surface area contributed by atoms with E-state index in [0.29, 0.717) is 11.8 Å². The highest BCUT2D eigenvalue weighted by molar-refractivity contribution is 7.99. The number of carboxylic acid groups (broad SMARTS) is 1. The van der Waals surface area contributed by atoms with Crippen molar-refractivity contribution >= 4 is 17.7 Å². The molecule has 0 saturated carbocycles. The van der Waals surface area contributed by atoms with Crippen LogP contribution in [-0.2, 0) is 17.6 Å². The molecule has 21 heavy (non-hydrogen) atoms. The summed E-state index contributed by atoms with van der Waals surface area (Å²) in [6.07, 6.45) is 7.23. The first-order valence-electron chi connectivity index (χ1n) is 7.18. The van der Waals surface area contributed by atoms with Crippen molar-refractivity contribution < 1.29 is 9.90 Å². The van der Waals surface area contributed by atoms with Crippen LogP contribution in [-0.4, -0.2) is 26.4 Å². The summed E-state index contributed by atoms with van der Waals surface area (Å²) in [5.74, 6) is -0.192. The fourth-order valence-electron chi connectivity index (χ4n) is 2.83. The highest BCUT2D eigenvalue weighted by Crippen LogP contribution is 2.31. The molecule has 2 aromatic rings. The van der Waals surface area contributed by atoms with Crippen molar-refractivity contribution in [1.29, 1.82) is 0 Å². The molecule has 1 aliphatic carbocycles. The van der Waals surface area contributed by atoms with Gasteiger partial charge >= 0.3 is 5.97 Å². The van der Waals surface area contributed by atoms with E-state index in [9.17, 15) is 4.79 Å². The van der Waals surface area contributed by atoms with Gasteiger partial charge in [-0.15, -0.1) is 0 Å². The molecule has 1 heterocycles. The fourth-order valence-corrected chi connectivity index (χ4v) is 3.79. The molecule has 0 spiro atoms. The molecule has 0 amide bonds. The van der Waals surface area contributed by atoms with E-state index >= 15 is 0 Å². The lowest BCUT2D eigenvalue weighted by Crippen LogP contribution is -2.18. The number of aryl methyl sites for hydroxylation is 1. The van der Waals surface area contributed by atoms with Crippen molar-refractivity contribution in [3.8, 4) is 0 Å². The number of fused-ring (bicyclic) bond motifs is 1. The van der Waals surface area contributed by atoms with Crippen LogP contribution < -0.4 is 0 Å². The number of hydrogen-bond acceptors (Lipinski definition) is 3. The summed E-state index contributed by atoms with van der Waals surface area (Å²) in [4.78, 5) is 15.0. The SMILES string of the molecule is O=C(O)CCSc1nccn1C1CCc2ccccc2C1. The Hall–Kier alpha value is -1.75. The van der Waals surface area contributed by atoms with Crippen LogP contribution in [0, 0.1) is 0 Å². The van der Waals surface area contributed by atoms with Crippen LogP contribution in [0.5, 0.6) is 0 Å². The molecule has 1 N–H and O–H groups in total. The topological polar surface area (TPSA) is 55.1 Å². The molecule has 1 atom stereocenters. The van der Waals surface area contributed by atoms with Crippen molar-refractivity contribution in [2.45, 2.75) is 36.9 Å². The Balaban J connectivity index is 1.71. The van der Waals surface area contributed by atoms with E-state index in [0.717, 1.165) is 24.4 Å².